The first-order chi connectivity index (χ1) is 13.8. The van der Waals surface area contributed by atoms with Crippen LogP contribution in [-0.4, -0.2) is 14.3 Å². The summed E-state index contributed by atoms with van der Waals surface area (Å²) in [5, 5.41) is 0.0949. The first-order valence-electron chi connectivity index (χ1n) is 8.39. The summed E-state index contributed by atoms with van der Waals surface area (Å²) >= 11 is 6.05. The molecule has 0 bridgehead atoms. The van der Waals surface area contributed by atoms with Gasteiger partial charge in [0, 0.05) is 5.56 Å². The highest BCUT2D eigenvalue weighted by Gasteiger charge is 2.17. The van der Waals surface area contributed by atoms with Gasteiger partial charge in [-0.3, -0.25) is 14.4 Å². The van der Waals surface area contributed by atoms with Crippen molar-refractivity contribution in [3.8, 4) is 0 Å². The van der Waals surface area contributed by atoms with E-state index in [1.807, 2.05) is 30.3 Å². The van der Waals surface area contributed by atoms with Gasteiger partial charge in [-0.15, -0.1) is 0 Å². The van der Waals surface area contributed by atoms with Gasteiger partial charge in [0.1, 0.15) is 5.82 Å². The molecule has 3 rings (SSSR count). The molecule has 0 aliphatic carbocycles. The maximum Gasteiger partial charge on any atom is 0.274 e. The van der Waals surface area contributed by atoms with Crippen LogP contribution in [0.2, 0.25) is 5.02 Å². The zero-order valence-electron chi connectivity index (χ0n) is 14.9. The Morgan fingerprint density at radius 2 is 1.69 bits per heavy atom. The van der Waals surface area contributed by atoms with E-state index >= 15 is 0 Å². The van der Waals surface area contributed by atoms with Crippen LogP contribution in [0.3, 0.4) is 0 Å². The topological polar surface area (TPSA) is 84.5 Å². The predicted octanol–water partition coefficient (Wildman–Crippen LogP) is 4.14. The van der Waals surface area contributed by atoms with Crippen molar-refractivity contribution in [2.45, 2.75) is 11.5 Å². The van der Waals surface area contributed by atoms with Gasteiger partial charge in [0.05, 0.1) is 22.2 Å². The minimum atomic E-state index is -4.01. The van der Waals surface area contributed by atoms with Crippen LogP contribution in [0.15, 0.2) is 77.7 Å². The van der Waals surface area contributed by atoms with Crippen LogP contribution in [-0.2, 0) is 21.5 Å². The van der Waals surface area contributed by atoms with Crippen molar-refractivity contribution < 1.29 is 22.4 Å². The van der Waals surface area contributed by atoms with Crippen LogP contribution in [0.4, 0.5) is 10.1 Å². The molecule has 29 heavy (non-hydrogen) atoms. The second kappa shape index (κ2) is 9.04. The molecule has 2 N–H and O–H groups in total. The van der Waals surface area contributed by atoms with E-state index in [1.165, 1.54) is 18.2 Å². The summed E-state index contributed by atoms with van der Waals surface area (Å²) in [6.07, 6.45) is 0. The quantitative estimate of drug-likeness (QED) is 0.547. The minimum absolute atomic E-state index is 0.00620. The van der Waals surface area contributed by atoms with Gasteiger partial charge in [-0.05, 0) is 48.0 Å². The largest absolute Gasteiger partial charge is 0.278 e. The van der Waals surface area contributed by atoms with E-state index in [2.05, 4.69) is 10.2 Å². The molecule has 0 fully saturated rings. The lowest BCUT2D eigenvalue weighted by Gasteiger charge is -2.12. The van der Waals surface area contributed by atoms with E-state index in [4.69, 9.17) is 16.4 Å². The molecular weight excluding hydrogens is 419 g/mol. The van der Waals surface area contributed by atoms with Crippen molar-refractivity contribution in [2.75, 3.05) is 4.72 Å². The molecule has 0 atom stereocenters. The predicted molar refractivity (Wildman–Crippen MR) is 107 cm³/mol. The number of nitrogens with one attached hydrogen (secondary N) is 2. The number of rotatable bonds is 7. The van der Waals surface area contributed by atoms with Crippen LogP contribution in [0.5, 0.6) is 0 Å². The Balaban J connectivity index is 1.70. The van der Waals surface area contributed by atoms with Gasteiger partial charge in [-0.2, -0.15) is 0 Å². The van der Waals surface area contributed by atoms with Crippen molar-refractivity contribution in [1.82, 2.24) is 5.48 Å². The lowest BCUT2D eigenvalue weighted by atomic mass is 10.2. The molecule has 0 saturated carbocycles. The number of amides is 1. The number of halogens is 2. The molecule has 3 aromatic rings. The van der Waals surface area contributed by atoms with Crippen molar-refractivity contribution >= 4 is 33.2 Å². The first-order valence-corrected chi connectivity index (χ1v) is 10.3. The summed E-state index contributed by atoms with van der Waals surface area (Å²) in [4.78, 5) is 17.3. The van der Waals surface area contributed by atoms with Crippen LogP contribution >= 0.6 is 11.6 Å². The fourth-order valence-corrected chi connectivity index (χ4v) is 3.67. The number of hydroxylamine groups is 1. The molecule has 0 aliphatic heterocycles. The van der Waals surface area contributed by atoms with E-state index < -0.39 is 21.7 Å². The van der Waals surface area contributed by atoms with Crippen molar-refractivity contribution in [2.24, 2.45) is 0 Å². The summed E-state index contributed by atoms with van der Waals surface area (Å²) in [6.45, 7) is 0.171. The molecule has 150 valence electrons. The van der Waals surface area contributed by atoms with Gasteiger partial charge >= 0.3 is 0 Å². The molecule has 0 unspecified atom stereocenters. The number of sulfonamides is 1. The Morgan fingerprint density at radius 3 is 2.38 bits per heavy atom. The summed E-state index contributed by atoms with van der Waals surface area (Å²) in [7, 11) is -4.01. The molecule has 0 aromatic heterocycles. The monoisotopic (exact) mass is 434 g/mol. The Hall–Kier alpha value is -2.94. The normalized spacial score (nSPS) is 11.1. The third kappa shape index (κ3) is 5.54. The standard InChI is InChI=1S/C20H16ClFN2O4S/c21-18-11-6-15(20(25)23-28-13-14-4-2-1-3-5-14)12-19(18)24-29(26,27)17-9-7-16(22)8-10-17/h1-12,24H,13H2,(H,23,25). The van der Waals surface area contributed by atoms with Crippen LogP contribution < -0.4 is 10.2 Å². The molecule has 0 aliphatic rings. The molecule has 0 heterocycles. The van der Waals surface area contributed by atoms with Gasteiger partial charge in [0.15, 0.2) is 0 Å². The summed E-state index contributed by atoms with van der Waals surface area (Å²) in [5.41, 5.74) is 3.31. The molecule has 3 aromatic carbocycles. The third-order valence-electron chi connectivity index (χ3n) is 3.84. The average molecular weight is 435 g/mol. The Labute approximate surface area is 172 Å². The lowest BCUT2D eigenvalue weighted by molar-refractivity contribution is 0.0233. The van der Waals surface area contributed by atoms with Gasteiger partial charge in [0.25, 0.3) is 15.9 Å². The van der Waals surface area contributed by atoms with E-state index in [-0.39, 0.29) is 27.8 Å². The van der Waals surface area contributed by atoms with Crippen molar-refractivity contribution in [3.63, 3.8) is 0 Å². The summed E-state index contributed by atoms with van der Waals surface area (Å²) in [6, 6.07) is 17.7. The molecule has 1 amide bonds. The summed E-state index contributed by atoms with van der Waals surface area (Å²) in [5.74, 6) is -1.13. The molecule has 0 radical (unpaired) electrons. The van der Waals surface area contributed by atoms with E-state index in [0.29, 0.717) is 0 Å². The lowest BCUT2D eigenvalue weighted by Crippen LogP contribution is -2.24. The zero-order valence-corrected chi connectivity index (χ0v) is 16.5. The second-order valence-corrected chi connectivity index (χ2v) is 8.05. The van der Waals surface area contributed by atoms with Gasteiger partial charge in [-0.1, -0.05) is 41.9 Å². The number of hydrogen-bond donors (Lipinski definition) is 2. The van der Waals surface area contributed by atoms with Gasteiger partial charge < -0.3 is 0 Å². The van der Waals surface area contributed by atoms with Gasteiger partial charge in [0.2, 0.25) is 0 Å². The Morgan fingerprint density at radius 1 is 1.00 bits per heavy atom. The van der Waals surface area contributed by atoms with E-state index in [1.54, 1.807) is 0 Å². The SMILES string of the molecule is O=C(NOCc1ccccc1)c1ccc(Cl)c(NS(=O)(=O)c2ccc(F)cc2)c1. The molecule has 9 heteroatoms. The Bertz CT molecular complexity index is 1110. The highest BCUT2D eigenvalue weighted by atomic mass is 35.5. The van der Waals surface area contributed by atoms with Crippen LogP contribution in [0, 0.1) is 5.82 Å². The smallest absolute Gasteiger partial charge is 0.274 e. The zero-order chi connectivity index (χ0) is 20.9. The Kier molecular flexibility index (Phi) is 6.48. The van der Waals surface area contributed by atoms with E-state index in [9.17, 15) is 17.6 Å². The third-order valence-corrected chi connectivity index (χ3v) is 5.55. The average Bonchev–Trinajstić information content (AvgIpc) is 2.70. The molecule has 0 spiro atoms. The fourth-order valence-electron chi connectivity index (χ4n) is 2.38. The maximum atomic E-state index is 13.0. The molecule has 6 nitrogen and oxygen atoms in total. The van der Waals surface area contributed by atoms with Crippen LogP contribution in [0.1, 0.15) is 15.9 Å². The second-order valence-electron chi connectivity index (χ2n) is 5.96. The van der Waals surface area contributed by atoms with Crippen molar-refractivity contribution in [3.05, 3.63) is 94.8 Å². The first kappa shape index (κ1) is 20.8. The van der Waals surface area contributed by atoms with Crippen molar-refractivity contribution in [1.29, 1.82) is 0 Å². The van der Waals surface area contributed by atoms with Crippen LogP contribution in [0.25, 0.3) is 0 Å². The molecule has 0 saturated heterocycles. The van der Waals surface area contributed by atoms with E-state index in [0.717, 1.165) is 29.8 Å². The number of carbonyl (C=O) groups excluding carboxylic acids is 1. The number of benzene rings is 3. The number of hydrogen-bond acceptors (Lipinski definition) is 4. The maximum absolute atomic E-state index is 13.0. The fraction of sp³-hybridized carbons (Fsp3) is 0.0500. The number of carbonyl (C=O) groups is 1. The summed E-state index contributed by atoms with van der Waals surface area (Å²) < 4.78 is 40.2. The number of anilines is 1. The van der Waals surface area contributed by atoms with Gasteiger partial charge in [-0.25, -0.2) is 18.3 Å². The molecular formula is C20H16ClFN2O4S. The minimum Gasteiger partial charge on any atom is -0.278 e. The highest BCUT2D eigenvalue weighted by molar-refractivity contribution is 7.92. The highest BCUT2D eigenvalue weighted by Crippen LogP contribution is 2.26.